The molecule has 0 aliphatic heterocycles. The minimum absolute atomic E-state index is 0.169. The van der Waals surface area contributed by atoms with Crippen LogP contribution in [0.15, 0.2) is 52.2 Å². The van der Waals surface area contributed by atoms with Crippen LogP contribution in [-0.4, -0.2) is 24.5 Å². The number of aryl methyl sites for hydroxylation is 1. The van der Waals surface area contributed by atoms with Gasteiger partial charge < -0.3 is 4.52 Å². The average Bonchev–Trinajstić information content (AvgIpc) is 3.19. The van der Waals surface area contributed by atoms with Crippen LogP contribution in [0.3, 0.4) is 0 Å². The molecule has 0 aliphatic rings. The summed E-state index contributed by atoms with van der Waals surface area (Å²) in [6, 6.07) is 9.09. The largest absolute Gasteiger partial charge is 0.359 e. The van der Waals surface area contributed by atoms with Crippen LogP contribution in [0.4, 0.5) is 0 Å². The highest BCUT2D eigenvalue weighted by molar-refractivity contribution is 6.30. The molecular weight excluding hydrogens is 330 g/mol. The number of aromatic nitrogens is 5. The van der Waals surface area contributed by atoms with Crippen molar-refractivity contribution in [3.05, 3.63) is 64.0 Å². The van der Waals surface area contributed by atoms with Crippen LogP contribution in [-0.2, 0) is 13.6 Å². The minimum Gasteiger partial charge on any atom is -0.359 e. The third-order valence-corrected chi connectivity index (χ3v) is 4.00. The third kappa shape index (κ3) is 2.48. The summed E-state index contributed by atoms with van der Waals surface area (Å²) < 4.78 is 8.37. The van der Waals surface area contributed by atoms with Crippen LogP contribution in [0.5, 0.6) is 0 Å². The van der Waals surface area contributed by atoms with E-state index >= 15 is 0 Å². The topological polar surface area (TPSA) is 78.7 Å². The molecule has 1 aromatic carbocycles. The van der Waals surface area contributed by atoms with Crippen molar-refractivity contribution in [1.82, 2.24) is 24.5 Å². The van der Waals surface area contributed by atoms with E-state index in [1.807, 2.05) is 12.1 Å². The van der Waals surface area contributed by atoms with Crippen LogP contribution in [0.2, 0.25) is 5.02 Å². The monoisotopic (exact) mass is 341 g/mol. The molecule has 8 heteroatoms. The van der Waals surface area contributed by atoms with Crippen molar-refractivity contribution >= 4 is 22.6 Å². The summed E-state index contributed by atoms with van der Waals surface area (Å²) in [5.41, 5.74) is 1.96. The molecule has 0 saturated carbocycles. The zero-order valence-corrected chi connectivity index (χ0v) is 13.4. The van der Waals surface area contributed by atoms with Gasteiger partial charge in [-0.25, -0.2) is 4.98 Å². The Hall–Kier alpha value is -2.93. The van der Waals surface area contributed by atoms with E-state index < -0.39 is 0 Å². The molecule has 3 aromatic heterocycles. The summed E-state index contributed by atoms with van der Waals surface area (Å²) in [5.74, 6) is 0.562. The second-order valence-corrected chi connectivity index (χ2v) is 5.80. The summed E-state index contributed by atoms with van der Waals surface area (Å²) in [7, 11) is 1.74. The van der Waals surface area contributed by atoms with E-state index in [2.05, 4.69) is 15.2 Å². The highest BCUT2D eigenvalue weighted by Crippen LogP contribution is 2.21. The van der Waals surface area contributed by atoms with E-state index in [0.717, 1.165) is 5.56 Å². The van der Waals surface area contributed by atoms with E-state index in [9.17, 15) is 4.79 Å². The van der Waals surface area contributed by atoms with Gasteiger partial charge in [-0.3, -0.25) is 14.0 Å². The average molecular weight is 342 g/mol. The Balaban J connectivity index is 1.65. The van der Waals surface area contributed by atoms with Crippen molar-refractivity contribution in [3.8, 4) is 11.3 Å². The Morgan fingerprint density at radius 3 is 2.83 bits per heavy atom. The number of nitrogens with zero attached hydrogens (tertiary/aromatic N) is 5. The van der Waals surface area contributed by atoms with Crippen LogP contribution < -0.4 is 5.56 Å². The summed E-state index contributed by atoms with van der Waals surface area (Å²) in [5, 5.41) is 9.22. The molecule has 7 nitrogen and oxygen atoms in total. The molecular formula is C16H12ClN5O2. The summed E-state index contributed by atoms with van der Waals surface area (Å²) in [6.07, 6.45) is 3.00. The maximum absolute atomic E-state index is 12.5. The second-order valence-electron chi connectivity index (χ2n) is 5.37. The zero-order chi connectivity index (χ0) is 16.7. The molecule has 0 spiro atoms. The first-order valence-electron chi connectivity index (χ1n) is 7.20. The van der Waals surface area contributed by atoms with Gasteiger partial charge in [0.25, 0.3) is 5.56 Å². The van der Waals surface area contributed by atoms with Gasteiger partial charge in [0.05, 0.1) is 12.7 Å². The molecule has 0 aliphatic carbocycles. The number of halogens is 1. The maximum atomic E-state index is 12.5. The molecule has 3 heterocycles. The van der Waals surface area contributed by atoms with Gasteiger partial charge in [0.15, 0.2) is 11.4 Å². The Labute approximate surface area is 141 Å². The molecule has 0 fully saturated rings. The first kappa shape index (κ1) is 14.6. The van der Waals surface area contributed by atoms with Gasteiger partial charge in [-0.2, -0.15) is 5.10 Å². The van der Waals surface area contributed by atoms with Crippen molar-refractivity contribution in [2.45, 2.75) is 6.54 Å². The van der Waals surface area contributed by atoms with Gasteiger partial charge in [0, 0.05) is 23.7 Å². The fraction of sp³-hybridized carbons (Fsp3) is 0.125. The van der Waals surface area contributed by atoms with Crippen molar-refractivity contribution in [3.63, 3.8) is 0 Å². The van der Waals surface area contributed by atoms with Gasteiger partial charge >= 0.3 is 0 Å². The van der Waals surface area contributed by atoms with Gasteiger partial charge in [-0.1, -0.05) is 28.9 Å². The Bertz CT molecular complexity index is 1080. The Morgan fingerprint density at radius 2 is 2.04 bits per heavy atom. The zero-order valence-electron chi connectivity index (χ0n) is 12.7. The van der Waals surface area contributed by atoms with Crippen LogP contribution in [0, 0.1) is 0 Å². The number of hydrogen-bond acceptors (Lipinski definition) is 5. The lowest BCUT2D eigenvalue weighted by molar-refractivity contribution is 0.376. The predicted octanol–water partition coefficient (Wildman–Crippen LogP) is 2.49. The fourth-order valence-electron chi connectivity index (χ4n) is 2.49. The molecule has 0 bridgehead atoms. The lowest BCUT2D eigenvalue weighted by Gasteiger charge is -2.01. The summed E-state index contributed by atoms with van der Waals surface area (Å²) >= 11 is 5.88. The molecule has 4 aromatic rings. The molecule has 0 saturated heterocycles. The van der Waals surface area contributed by atoms with Crippen molar-refractivity contribution in [2.75, 3.05) is 0 Å². The summed E-state index contributed by atoms with van der Waals surface area (Å²) in [6.45, 7) is 0.247. The lowest BCUT2D eigenvalue weighted by Crippen LogP contribution is -2.20. The highest BCUT2D eigenvalue weighted by Gasteiger charge is 2.11. The fourth-order valence-corrected chi connectivity index (χ4v) is 2.62. The quantitative estimate of drug-likeness (QED) is 0.572. The molecule has 120 valence electrons. The normalized spacial score (nSPS) is 11.2. The van der Waals surface area contributed by atoms with Crippen LogP contribution in [0.1, 0.15) is 5.76 Å². The van der Waals surface area contributed by atoms with Crippen LogP contribution in [0.25, 0.3) is 22.3 Å². The number of fused-ring (bicyclic) bond motifs is 1. The maximum Gasteiger partial charge on any atom is 0.264 e. The minimum atomic E-state index is -0.169. The van der Waals surface area contributed by atoms with E-state index in [1.165, 1.54) is 17.1 Å². The Morgan fingerprint density at radius 1 is 1.25 bits per heavy atom. The first-order valence-corrected chi connectivity index (χ1v) is 7.58. The second kappa shape index (κ2) is 5.61. The van der Waals surface area contributed by atoms with Crippen molar-refractivity contribution < 1.29 is 4.52 Å². The van der Waals surface area contributed by atoms with Gasteiger partial charge in [-0.05, 0) is 12.1 Å². The van der Waals surface area contributed by atoms with Crippen molar-refractivity contribution in [2.24, 2.45) is 7.05 Å². The summed E-state index contributed by atoms with van der Waals surface area (Å²) in [4.78, 5) is 16.7. The molecule has 0 amide bonds. The highest BCUT2D eigenvalue weighted by atomic mass is 35.5. The number of rotatable bonds is 3. The predicted molar refractivity (Wildman–Crippen MR) is 88.8 cm³/mol. The third-order valence-electron chi connectivity index (χ3n) is 3.74. The van der Waals surface area contributed by atoms with E-state index in [0.29, 0.717) is 27.5 Å². The number of hydrogen-bond donors (Lipinski definition) is 0. The lowest BCUT2D eigenvalue weighted by atomic mass is 10.1. The molecule has 0 atom stereocenters. The van der Waals surface area contributed by atoms with E-state index in [4.69, 9.17) is 16.1 Å². The van der Waals surface area contributed by atoms with Gasteiger partial charge in [0.2, 0.25) is 0 Å². The molecule has 0 radical (unpaired) electrons. The van der Waals surface area contributed by atoms with E-state index in [1.54, 1.807) is 29.9 Å². The molecule has 4 rings (SSSR count). The van der Waals surface area contributed by atoms with Crippen LogP contribution >= 0.6 is 11.6 Å². The van der Waals surface area contributed by atoms with Gasteiger partial charge in [0.1, 0.15) is 17.4 Å². The molecule has 0 unspecified atom stereocenters. The smallest absolute Gasteiger partial charge is 0.264 e. The molecule has 0 N–H and O–H groups in total. The van der Waals surface area contributed by atoms with Gasteiger partial charge in [-0.15, -0.1) is 0 Å². The SMILES string of the molecule is Cn1ncc2c(=O)n(Cc3cc(-c4ccc(Cl)cc4)no3)cnc21. The first-order chi connectivity index (χ1) is 11.6. The van der Waals surface area contributed by atoms with E-state index in [-0.39, 0.29) is 12.1 Å². The van der Waals surface area contributed by atoms with Crippen molar-refractivity contribution in [1.29, 1.82) is 0 Å². The molecule has 24 heavy (non-hydrogen) atoms. The standard InChI is InChI=1S/C16H12ClN5O2/c1-21-15-13(7-19-21)16(23)22(9-18-15)8-12-6-14(20-24-12)10-2-4-11(17)5-3-10/h2-7,9H,8H2,1H3. The Kier molecular flexibility index (Phi) is 3.42. The number of benzene rings is 1.